The van der Waals surface area contributed by atoms with Crippen molar-refractivity contribution in [1.29, 1.82) is 5.26 Å². The highest BCUT2D eigenvalue weighted by molar-refractivity contribution is 7.91. The number of aryl methyl sites for hydroxylation is 1. The minimum Gasteiger partial charge on any atom is -0.352 e. The van der Waals surface area contributed by atoms with Crippen LogP contribution < -0.4 is 5.32 Å². The van der Waals surface area contributed by atoms with Crippen molar-refractivity contribution in [2.75, 3.05) is 11.1 Å². The Morgan fingerprint density at radius 2 is 2.00 bits per heavy atom. The number of nitrogens with one attached hydrogen (secondary N) is 1. The molecule has 14 heteroatoms. The number of sulfone groups is 1. The number of hydrogen-bond acceptors (Lipinski definition) is 8. The first kappa shape index (κ1) is 22.1. The Bertz CT molecular complexity index is 1610. The summed E-state index contributed by atoms with van der Waals surface area (Å²) in [4.78, 5) is 12.5. The molecule has 4 heterocycles. The van der Waals surface area contributed by atoms with E-state index in [4.69, 9.17) is 0 Å². The van der Waals surface area contributed by atoms with Crippen LogP contribution in [-0.2, 0) is 23.1 Å². The van der Waals surface area contributed by atoms with E-state index in [0.29, 0.717) is 24.9 Å². The van der Waals surface area contributed by atoms with Crippen LogP contribution in [0.5, 0.6) is 0 Å². The standard InChI is InChI=1S/C20H17F3N8O2S/c1-3-34(32,33)18-14(16-25-7-4-13(31(16)29-18)28-19(10-24)5-6-19)17-27-12-8-11(20(21,22)23)9-26-15(12)30(17)2/h4,7-9,28H,3,5-6H2,1-2H3. The summed E-state index contributed by atoms with van der Waals surface area (Å²) in [5, 5.41) is 16.5. The van der Waals surface area contributed by atoms with Crippen LogP contribution in [0.25, 0.3) is 28.2 Å². The van der Waals surface area contributed by atoms with Gasteiger partial charge in [-0.25, -0.2) is 23.4 Å². The maximum Gasteiger partial charge on any atom is 0.417 e. The number of alkyl halides is 3. The summed E-state index contributed by atoms with van der Waals surface area (Å²) in [7, 11) is -2.37. The molecule has 176 valence electrons. The lowest BCUT2D eigenvalue weighted by atomic mass is 10.2. The molecular weight excluding hydrogens is 473 g/mol. The Kier molecular flexibility index (Phi) is 4.63. The highest BCUT2D eigenvalue weighted by Gasteiger charge is 2.44. The number of anilines is 1. The van der Waals surface area contributed by atoms with Crippen LogP contribution in [0.4, 0.5) is 19.0 Å². The molecule has 4 aromatic heterocycles. The molecule has 0 radical (unpaired) electrons. The third-order valence-corrected chi connectivity index (χ3v) is 7.39. The number of hydrogen-bond donors (Lipinski definition) is 1. The molecule has 1 saturated carbocycles. The molecule has 10 nitrogen and oxygen atoms in total. The van der Waals surface area contributed by atoms with Gasteiger partial charge in [0.2, 0.25) is 0 Å². The molecule has 1 aliphatic carbocycles. The molecule has 0 aliphatic heterocycles. The first-order valence-electron chi connectivity index (χ1n) is 10.2. The Morgan fingerprint density at radius 1 is 1.26 bits per heavy atom. The Hall–Kier alpha value is -3.73. The molecule has 0 amide bonds. The van der Waals surface area contributed by atoms with E-state index < -0.39 is 27.1 Å². The van der Waals surface area contributed by atoms with Crippen LogP contribution in [-0.4, -0.2) is 48.8 Å². The molecule has 1 fully saturated rings. The van der Waals surface area contributed by atoms with Gasteiger partial charge in [0, 0.05) is 19.4 Å². The number of rotatable bonds is 5. The van der Waals surface area contributed by atoms with Gasteiger partial charge in [-0.15, -0.1) is 0 Å². The van der Waals surface area contributed by atoms with E-state index in [1.807, 2.05) is 0 Å². The minimum atomic E-state index is -4.61. The predicted octanol–water partition coefficient (Wildman–Crippen LogP) is 2.96. The maximum atomic E-state index is 13.2. The van der Waals surface area contributed by atoms with E-state index in [2.05, 4.69) is 31.4 Å². The summed E-state index contributed by atoms with van der Waals surface area (Å²) in [5.74, 6) is 0.142. The van der Waals surface area contributed by atoms with Crippen molar-refractivity contribution in [3.63, 3.8) is 0 Å². The van der Waals surface area contributed by atoms with E-state index in [1.165, 1.54) is 29.3 Å². The van der Waals surface area contributed by atoms with Gasteiger partial charge in [0.25, 0.3) is 0 Å². The number of pyridine rings is 1. The lowest BCUT2D eigenvalue weighted by molar-refractivity contribution is -0.137. The second kappa shape index (κ2) is 7.13. The molecule has 1 N–H and O–H groups in total. The average Bonchev–Trinajstić information content (AvgIpc) is 3.34. The van der Waals surface area contributed by atoms with Gasteiger partial charge >= 0.3 is 6.18 Å². The largest absolute Gasteiger partial charge is 0.417 e. The third kappa shape index (κ3) is 3.35. The number of aromatic nitrogens is 6. The van der Waals surface area contributed by atoms with Gasteiger partial charge in [-0.3, -0.25) is 0 Å². The molecule has 0 aromatic carbocycles. The van der Waals surface area contributed by atoms with Crippen LogP contribution in [0.15, 0.2) is 29.6 Å². The summed E-state index contributed by atoms with van der Waals surface area (Å²) in [5.41, 5.74) is -1.48. The van der Waals surface area contributed by atoms with Crippen LogP contribution in [0.2, 0.25) is 0 Å². The number of nitrogens with zero attached hydrogens (tertiary/aromatic N) is 7. The molecule has 0 saturated heterocycles. The van der Waals surface area contributed by atoms with E-state index in [0.717, 1.165) is 6.07 Å². The number of nitriles is 1. The minimum absolute atomic E-state index is 0.0429. The van der Waals surface area contributed by atoms with Crippen molar-refractivity contribution in [2.45, 2.75) is 36.5 Å². The van der Waals surface area contributed by atoms with Gasteiger partial charge in [-0.1, -0.05) is 6.92 Å². The highest BCUT2D eigenvalue weighted by atomic mass is 32.2. The molecular formula is C20H17F3N8O2S. The van der Waals surface area contributed by atoms with Crippen LogP contribution in [0, 0.1) is 11.3 Å². The van der Waals surface area contributed by atoms with Gasteiger partial charge in [0.05, 0.1) is 17.4 Å². The number of halogens is 3. The lowest BCUT2D eigenvalue weighted by Crippen LogP contribution is -2.20. The summed E-state index contributed by atoms with van der Waals surface area (Å²) in [6.45, 7) is 1.46. The third-order valence-electron chi connectivity index (χ3n) is 5.75. The summed E-state index contributed by atoms with van der Waals surface area (Å²) >= 11 is 0. The van der Waals surface area contributed by atoms with Gasteiger partial charge in [0.15, 0.2) is 26.2 Å². The fourth-order valence-electron chi connectivity index (χ4n) is 3.66. The maximum absolute atomic E-state index is 13.2. The summed E-state index contributed by atoms with van der Waals surface area (Å²) in [6, 6.07) is 4.62. The molecule has 0 atom stereocenters. The Morgan fingerprint density at radius 3 is 2.62 bits per heavy atom. The van der Waals surface area contributed by atoms with E-state index in [-0.39, 0.29) is 39.0 Å². The summed E-state index contributed by atoms with van der Waals surface area (Å²) in [6.07, 6.45) is -1.23. The second-order valence-electron chi connectivity index (χ2n) is 8.03. The molecule has 1 aliphatic rings. The number of imidazole rings is 1. The monoisotopic (exact) mass is 490 g/mol. The van der Waals surface area contributed by atoms with Gasteiger partial charge in [0.1, 0.15) is 28.3 Å². The lowest BCUT2D eigenvalue weighted by Gasteiger charge is -2.11. The predicted molar refractivity (Wildman–Crippen MR) is 114 cm³/mol. The van der Waals surface area contributed by atoms with Crippen molar-refractivity contribution in [3.8, 4) is 17.5 Å². The zero-order valence-corrected chi connectivity index (χ0v) is 18.7. The quantitative estimate of drug-likeness (QED) is 0.452. The van der Waals surface area contributed by atoms with E-state index in [9.17, 15) is 26.9 Å². The highest BCUT2D eigenvalue weighted by Crippen LogP contribution is 2.39. The van der Waals surface area contributed by atoms with Crippen molar-refractivity contribution < 1.29 is 21.6 Å². The molecule has 34 heavy (non-hydrogen) atoms. The fourth-order valence-corrected chi connectivity index (χ4v) is 4.63. The zero-order valence-electron chi connectivity index (χ0n) is 17.9. The average molecular weight is 490 g/mol. The van der Waals surface area contributed by atoms with Crippen molar-refractivity contribution in [2.24, 2.45) is 7.05 Å². The first-order valence-corrected chi connectivity index (χ1v) is 11.8. The Balaban J connectivity index is 1.79. The fraction of sp³-hybridized carbons (Fsp3) is 0.350. The smallest absolute Gasteiger partial charge is 0.352 e. The van der Waals surface area contributed by atoms with Gasteiger partial charge in [-0.2, -0.15) is 28.0 Å². The van der Waals surface area contributed by atoms with Crippen molar-refractivity contribution >= 4 is 32.5 Å². The SMILES string of the molecule is CCS(=O)(=O)c1nn2c(NC3(C#N)CC3)ccnc2c1-c1nc2cc(C(F)(F)F)cnc2n1C. The zero-order chi connectivity index (χ0) is 24.5. The second-order valence-corrected chi connectivity index (χ2v) is 10.2. The molecule has 0 spiro atoms. The topological polar surface area (TPSA) is 131 Å². The first-order chi connectivity index (χ1) is 16.0. The molecule has 0 unspecified atom stereocenters. The van der Waals surface area contributed by atoms with Crippen molar-refractivity contribution in [1.82, 2.24) is 29.1 Å². The van der Waals surface area contributed by atoms with E-state index >= 15 is 0 Å². The van der Waals surface area contributed by atoms with E-state index in [1.54, 1.807) is 6.07 Å². The normalized spacial score (nSPS) is 15.5. The Labute approximate surface area is 191 Å². The van der Waals surface area contributed by atoms with Gasteiger partial charge in [-0.05, 0) is 25.0 Å². The molecule has 5 rings (SSSR count). The molecule has 4 aromatic rings. The van der Waals surface area contributed by atoms with Crippen LogP contribution in [0.1, 0.15) is 25.3 Å². The van der Waals surface area contributed by atoms with Crippen molar-refractivity contribution in [3.05, 3.63) is 30.1 Å². The van der Waals surface area contributed by atoms with Crippen LogP contribution in [0.3, 0.4) is 0 Å². The van der Waals surface area contributed by atoms with Gasteiger partial charge < -0.3 is 9.88 Å². The summed E-state index contributed by atoms with van der Waals surface area (Å²) < 4.78 is 68.1. The van der Waals surface area contributed by atoms with Crippen LogP contribution >= 0.6 is 0 Å². The number of fused-ring (bicyclic) bond motifs is 2. The molecule has 0 bridgehead atoms.